The summed E-state index contributed by atoms with van der Waals surface area (Å²) in [4.78, 5) is 18.0. The normalized spacial score (nSPS) is 16.3. The Balaban J connectivity index is 1.32. The maximum absolute atomic E-state index is 12.9. The number of phenols is 1. The highest BCUT2D eigenvalue weighted by atomic mass is 19.4. The Kier molecular flexibility index (Phi) is 7.33. The summed E-state index contributed by atoms with van der Waals surface area (Å²) >= 11 is 0. The smallest absolute Gasteiger partial charge is 0.416 e. The number of alkyl halides is 3. The van der Waals surface area contributed by atoms with Crippen LogP contribution in [0.3, 0.4) is 0 Å². The Morgan fingerprint density at radius 1 is 0.816 bits per heavy atom. The Labute approximate surface area is 217 Å². The number of phenolic OH excluding ortho intramolecular Hbond substituents is 1. The Bertz CT molecular complexity index is 1300. The van der Waals surface area contributed by atoms with Gasteiger partial charge >= 0.3 is 6.18 Å². The van der Waals surface area contributed by atoms with Gasteiger partial charge in [-0.05, 0) is 62.1 Å². The lowest BCUT2D eigenvalue weighted by molar-refractivity contribution is -0.137. The van der Waals surface area contributed by atoms with E-state index in [4.69, 9.17) is 0 Å². The number of benzene rings is 2. The van der Waals surface area contributed by atoms with Crippen LogP contribution in [0.1, 0.15) is 36.8 Å². The van der Waals surface area contributed by atoms with E-state index in [-0.39, 0.29) is 11.4 Å². The van der Waals surface area contributed by atoms with Crippen LogP contribution in [0.15, 0.2) is 57.8 Å². The van der Waals surface area contributed by atoms with Crippen LogP contribution in [0.25, 0.3) is 0 Å². The summed E-state index contributed by atoms with van der Waals surface area (Å²) in [6, 6.07) is 8.98. The van der Waals surface area contributed by atoms with Crippen molar-refractivity contribution in [3.8, 4) is 5.75 Å². The molecule has 13 heteroatoms. The molecule has 0 amide bonds. The van der Waals surface area contributed by atoms with Crippen molar-refractivity contribution in [2.75, 3.05) is 41.4 Å². The number of halogens is 3. The lowest BCUT2D eigenvalue weighted by Crippen LogP contribution is -2.25. The zero-order chi connectivity index (χ0) is 26.5. The van der Waals surface area contributed by atoms with Crippen LogP contribution < -0.4 is 15.2 Å². The van der Waals surface area contributed by atoms with Crippen LogP contribution in [0.5, 0.6) is 5.75 Å². The number of aromatic nitrogens is 3. The third kappa shape index (κ3) is 6.15. The molecule has 198 valence electrons. The van der Waals surface area contributed by atoms with Crippen molar-refractivity contribution >= 4 is 35.4 Å². The molecule has 3 aromatic rings. The van der Waals surface area contributed by atoms with Gasteiger partial charge in [0.15, 0.2) is 0 Å². The summed E-state index contributed by atoms with van der Waals surface area (Å²) in [6.45, 7) is 3.56. The Morgan fingerprint density at radius 3 is 2.03 bits per heavy atom. The first-order valence-electron chi connectivity index (χ1n) is 12.3. The van der Waals surface area contributed by atoms with Crippen LogP contribution in [-0.2, 0) is 6.18 Å². The molecule has 0 spiro atoms. The summed E-state index contributed by atoms with van der Waals surface area (Å²) in [7, 11) is 0. The molecular weight excluding hydrogens is 499 g/mol. The van der Waals surface area contributed by atoms with Crippen LogP contribution in [0, 0.1) is 0 Å². The molecule has 2 aliphatic rings. The van der Waals surface area contributed by atoms with Crippen LogP contribution in [-0.4, -0.2) is 52.5 Å². The first-order chi connectivity index (χ1) is 18.3. The summed E-state index contributed by atoms with van der Waals surface area (Å²) < 4.78 is 38.8. The number of azo groups is 1. The first kappa shape index (κ1) is 25.4. The molecule has 0 atom stereocenters. The standard InChI is InChI=1S/C25H26F3N9O/c26-25(27,28)18-6-5-7-19(15-18)33-34-20-8-9-21(38)17(14-20)16-29-35-22-30-23(36-10-1-2-11-36)32-24(31-22)37-12-3-4-13-37/h5-9,14-16,38H,1-4,10-13H2,(H,30,31,32,35). The average Bonchev–Trinajstić information content (AvgIpc) is 3.64. The van der Waals surface area contributed by atoms with E-state index in [1.165, 1.54) is 36.5 Å². The Hall–Kier alpha value is -4.29. The molecule has 38 heavy (non-hydrogen) atoms. The number of nitrogens with zero attached hydrogens (tertiary/aromatic N) is 8. The highest BCUT2D eigenvalue weighted by molar-refractivity contribution is 5.85. The SMILES string of the molecule is Oc1ccc(N=Nc2cccc(C(F)(F)F)c2)cc1C=NNc1nc(N2CCCC2)nc(N2CCCC2)n1. The van der Waals surface area contributed by atoms with Gasteiger partial charge in [-0.15, -0.1) is 0 Å². The van der Waals surface area contributed by atoms with Gasteiger partial charge in [-0.2, -0.15) is 43.5 Å². The molecule has 10 nitrogen and oxygen atoms in total. The minimum absolute atomic E-state index is 0.0558. The van der Waals surface area contributed by atoms with Gasteiger partial charge in [0.1, 0.15) is 5.75 Å². The minimum Gasteiger partial charge on any atom is -0.507 e. The van der Waals surface area contributed by atoms with Gasteiger partial charge in [-0.3, -0.25) is 0 Å². The molecule has 2 aromatic carbocycles. The monoisotopic (exact) mass is 525 g/mol. The second-order valence-corrected chi connectivity index (χ2v) is 9.01. The van der Waals surface area contributed by atoms with Gasteiger partial charge in [-0.1, -0.05) is 6.07 Å². The van der Waals surface area contributed by atoms with E-state index in [9.17, 15) is 18.3 Å². The van der Waals surface area contributed by atoms with Crippen LogP contribution in [0.4, 0.5) is 42.4 Å². The zero-order valence-electron chi connectivity index (χ0n) is 20.4. The highest BCUT2D eigenvalue weighted by Gasteiger charge is 2.30. The summed E-state index contributed by atoms with van der Waals surface area (Å²) in [5.74, 6) is 1.45. The summed E-state index contributed by atoms with van der Waals surface area (Å²) in [5.41, 5.74) is 2.73. The van der Waals surface area contributed by atoms with Crippen molar-refractivity contribution in [2.45, 2.75) is 31.9 Å². The molecule has 5 rings (SSSR count). The molecule has 0 radical (unpaired) electrons. The van der Waals surface area contributed by atoms with Gasteiger partial charge in [0.2, 0.25) is 17.8 Å². The van der Waals surface area contributed by atoms with E-state index < -0.39 is 11.7 Å². The summed E-state index contributed by atoms with van der Waals surface area (Å²) in [5, 5.41) is 22.3. The van der Waals surface area contributed by atoms with Crippen LogP contribution in [0.2, 0.25) is 0 Å². The van der Waals surface area contributed by atoms with Crippen molar-refractivity contribution in [2.24, 2.45) is 15.3 Å². The molecule has 2 N–H and O–H groups in total. The number of hydrazone groups is 1. The molecule has 0 saturated carbocycles. The van der Waals surface area contributed by atoms with Crippen molar-refractivity contribution in [1.82, 2.24) is 15.0 Å². The maximum atomic E-state index is 12.9. The average molecular weight is 526 g/mol. The van der Waals surface area contributed by atoms with E-state index in [1.807, 2.05) is 0 Å². The largest absolute Gasteiger partial charge is 0.507 e. The van der Waals surface area contributed by atoms with Gasteiger partial charge in [-0.25, -0.2) is 5.43 Å². The lowest BCUT2D eigenvalue weighted by Gasteiger charge is -2.20. The van der Waals surface area contributed by atoms with E-state index in [0.29, 0.717) is 29.1 Å². The lowest BCUT2D eigenvalue weighted by atomic mass is 10.2. The topological polar surface area (TPSA) is 114 Å². The van der Waals surface area contributed by atoms with Gasteiger partial charge in [0.05, 0.1) is 23.2 Å². The Morgan fingerprint density at radius 2 is 1.42 bits per heavy atom. The van der Waals surface area contributed by atoms with Crippen molar-refractivity contribution in [3.63, 3.8) is 0 Å². The molecule has 2 saturated heterocycles. The molecule has 2 fully saturated rings. The fourth-order valence-electron chi connectivity index (χ4n) is 4.25. The first-order valence-corrected chi connectivity index (χ1v) is 12.3. The molecular formula is C25H26F3N9O. The predicted octanol–water partition coefficient (Wildman–Crippen LogP) is 5.66. The highest BCUT2D eigenvalue weighted by Crippen LogP contribution is 2.32. The van der Waals surface area contributed by atoms with E-state index in [2.05, 4.69) is 45.5 Å². The number of anilines is 3. The minimum atomic E-state index is -4.47. The zero-order valence-corrected chi connectivity index (χ0v) is 20.4. The third-order valence-electron chi connectivity index (χ3n) is 6.22. The fourth-order valence-corrected chi connectivity index (χ4v) is 4.25. The van der Waals surface area contributed by atoms with Crippen LogP contribution >= 0.6 is 0 Å². The van der Waals surface area contributed by atoms with E-state index in [1.54, 1.807) is 0 Å². The maximum Gasteiger partial charge on any atom is 0.416 e. The molecule has 0 aliphatic carbocycles. The number of hydrogen-bond acceptors (Lipinski definition) is 10. The van der Waals surface area contributed by atoms with Crippen molar-refractivity contribution in [1.29, 1.82) is 0 Å². The molecule has 2 aliphatic heterocycles. The van der Waals surface area contributed by atoms with E-state index >= 15 is 0 Å². The number of hydrogen-bond donors (Lipinski definition) is 2. The second-order valence-electron chi connectivity index (χ2n) is 9.01. The molecule has 0 bridgehead atoms. The number of rotatable bonds is 7. The van der Waals surface area contributed by atoms with E-state index in [0.717, 1.165) is 64.0 Å². The quantitative estimate of drug-likeness (QED) is 0.232. The molecule has 3 heterocycles. The number of aromatic hydroxyl groups is 1. The van der Waals surface area contributed by atoms with Gasteiger partial charge < -0.3 is 14.9 Å². The molecule has 1 aromatic heterocycles. The second kappa shape index (κ2) is 11.0. The van der Waals surface area contributed by atoms with Crippen molar-refractivity contribution < 1.29 is 18.3 Å². The van der Waals surface area contributed by atoms with Gasteiger partial charge in [0.25, 0.3) is 0 Å². The molecule has 0 unspecified atom stereocenters. The number of nitrogens with one attached hydrogen (secondary N) is 1. The van der Waals surface area contributed by atoms with Crippen molar-refractivity contribution in [3.05, 3.63) is 53.6 Å². The predicted molar refractivity (Wildman–Crippen MR) is 138 cm³/mol. The third-order valence-corrected chi connectivity index (χ3v) is 6.22. The van der Waals surface area contributed by atoms with Gasteiger partial charge in [0, 0.05) is 31.7 Å². The summed E-state index contributed by atoms with van der Waals surface area (Å²) in [6.07, 6.45) is 1.27. The fraction of sp³-hybridized carbons (Fsp3) is 0.360.